The van der Waals surface area contributed by atoms with Gasteiger partial charge in [0.2, 0.25) is 5.95 Å². The number of nitrogens with zero attached hydrogens (tertiary/aromatic N) is 5. The third-order valence-electron chi connectivity index (χ3n) is 4.66. The van der Waals surface area contributed by atoms with Gasteiger partial charge in [0.05, 0.1) is 24.6 Å². The molecule has 0 atom stereocenters. The molecule has 1 aliphatic heterocycles. The van der Waals surface area contributed by atoms with Crippen LogP contribution < -0.4 is 10.2 Å². The Bertz CT molecular complexity index is 1130. The number of alkyl halides is 6. The monoisotopic (exact) mass is 470 g/mol. The Morgan fingerprint density at radius 1 is 0.818 bits per heavy atom. The molecule has 0 radical (unpaired) electrons. The van der Waals surface area contributed by atoms with Crippen LogP contribution in [0, 0.1) is 0 Å². The van der Waals surface area contributed by atoms with Crippen molar-refractivity contribution in [2.24, 2.45) is 0 Å². The van der Waals surface area contributed by atoms with E-state index in [0.29, 0.717) is 32.1 Å². The molecule has 1 fully saturated rings. The minimum atomic E-state index is -4.65. The van der Waals surface area contributed by atoms with Crippen LogP contribution in [0.1, 0.15) is 11.4 Å². The number of aromatic nitrogens is 4. The van der Waals surface area contributed by atoms with Gasteiger partial charge in [-0.3, -0.25) is 4.98 Å². The van der Waals surface area contributed by atoms with E-state index in [9.17, 15) is 26.3 Å². The minimum absolute atomic E-state index is 0.0133. The average molecular weight is 470 g/mol. The first-order valence-corrected chi connectivity index (χ1v) is 9.66. The first-order chi connectivity index (χ1) is 15.6. The molecular formula is C20H16F6N6O. The number of hydrogen-bond donors (Lipinski definition) is 1. The largest absolute Gasteiger partial charge is 0.433 e. The van der Waals surface area contributed by atoms with Crippen molar-refractivity contribution in [1.29, 1.82) is 0 Å². The van der Waals surface area contributed by atoms with Crippen LogP contribution in [0.25, 0.3) is 11.4 Å². The fraction of sp³-hybridized carbons (Fsp3) is 0.300. The van der Waals surface area contributed by atoms with E-state index in [2.05, 4.69) is 25.3 Å². The van der Waals surface area contributed by atoms with Crippen molar-refractivity contribution in [3.05, 3.63) is 54.0 Å². The number of nitrogens with one attached hydrogen (secondary N) is 1. The minimum Gasteiger partial charge on any atom is -0.378 e. The molecule has 33 heavy (non-hydrogen) atoms. The third-order valence-corrected chi connectivity index (χ3v) is 4.66. The second kappa shape index (κ2) is 8.81. The van der Waals surface area contributed by atoms with E-state index < -0.39 is 23.7 Å². The molecule has 4 rings (SSSR count). The van der Waals surface area contributed by atoms with Crippen LogP contribution in [-0.4, -0.2) is 46.2 Å². The van der Waals surface area contributed by atoms with E-state index in [1.54, 1.807) is 0 Å². The number of halogens is 6. The molecular weight excluding hydrogens is 454 g/mol. The molecule has 0 aromatic carbocycles. The van der Waals surface area contributed by atoms with Crippen LogP contribution in [0.2, 0.25) is 0 Å². The van der Waals surface area contributed by atoms with Gasteiger partial charge in [-0.1, -0.05) is 6.07 Å². The van der Waals surface area contributed by atoms with Gasteiger partial charge in [-0.15, -0.1) is 0 Å². The number of hydrogen-bond acceptors (Lipinski definition) is 7. The highest BCUT2D eigenvalue weighted by Crippen LogP contribution is 2.32. The van der Waals surface area contributed by atoms with Crippen LogP contribution in [-0.2, 0) is 17.1 Å². The first-order valence-electron chi connectivity index (χ1n) is 9.66. The molecule has 3 aromatic heterocycles. The van der Waals surface area contributed by atoms with Gasteiger partial charge in [-0.2, -0.15) is 31.3 Å². The van der Waals surface area contributed by atoms with Crippen LogP contribution in [0.3, 0.4) is 0 Å². The Labute approximate surface area is 183 Å². The molecule has 0 bridgehead atoms. The molecule has 13 heteroatoms. The summed E-state index contributed by atoms with van der Waals surface area (Å²) < 4.78 is 83.7. The van der Waals surface area contributed by atoms with Crippen LogP contribution >= 0.6 is 0 Å². The summed E-state index contributed by atoms with van der Waals surface area (Å²) in [5.74, 6) is 0.266. The Balaban J connectivity index is 1.74. The van der Waals surface area contributed by atoms with Crippen LogP contribution in [0.5, 0.6) is 0 Å². The fourth-order valence-electron chi connectivity index (χ4n) is 3.10. The summed E-state index contributed by atoms with van der Waals surface area (Å²) in [5, 5.41) is 2.68. The molecule has 1 aliphatic rings. The number of pyridine rings is 2. The zero-order valence-corrected chi connectivity index (χ0v) is 16.8. The maximum Gasteiger partial charge on any atom is 0.433 e. The fourth-order valence-corrected chi connectivity index (χ4v) is 3.10. The highest BCUT2D eigenvalue weighted by molar-refractivity contribution is 5.64. The van der Waals surface area contributed by atoms with E-state index in [-0.39, 0.29) is 23.0 Å². The van der Waals surface area contributed by atoms with Gasteiger partial charge in [-0.25, -0.2) is 9.97 Å². The lowest BCUT2D eigenvalue weighted by Crippen LogP contribution is -2.36. The van der Waals surface area contributed by atoms with E-state index >= 15 is 0 Å². The Kier molecular flexibility index (Phi) is 6.06. The lowest BCUT2D eigenvalue weighted by molar-refractivity contribution is -0.141. The normalized spacial score (nSPS) is 14.9. The van der Waals surface area contributed by atoms with E-state index in [1.165, 1.54) is 24.3 Å². The summed E-state index contributed by atoms with van der Waals surface area (Å²) in [6.45, 7) is 1.78. The summed E-state index contributed by atoms with van der Waals surface area (Å²) in [5.41, 5.74) is -2.18. The Morgan fingerprint density at radius 2 is 1.55 bits per heavy atom. The Hall–Kier alpha value is -3.48. The van der Waals surface area contributed by atoms with Gasteiger partial charge < -0.3 is 15.0 Å². The molecule has 0 unspecified atom stereocenters. The van der Waals surface area contributed by atoms with Gasteiger partial charge in [0.15, 0.2) is 0 Å². The van der Waals surface area contributed by atoms with E-state index in [1.807, 2.05) is 4.90 Å². The topological polar surface area (TPSA) is 76.1 Å². The average Bonchev–Trinajstić information content (AvgIpc) is 2.79. The number of ether oxygens (including phenoxy) is 1. The maximum absolute atomic E-state index is 13.1. The molecule has 4 heterocycles. The lowest BCUT2D eigenvalue weighted by Gasteiger charge is -2.28. The van der Waals surface area contributed by atoms with Crippen molar-refractivity contribution in [1.82, 2.24) is 19.9 Å². The van der Waals surface area contributed by atoms with Crippen LogP contribution in [0.4, 0.5) is 43.8 Å². The standard InChI is InChI=1S/C20H16F6N6O/c21-19(22,23)15-3-1-2-13(29-15)14-11-17(32-6-8-33-9-7-32)31-18(30-14)28-12-4-5-27-16(10-12)20(24,25)26/h1-5,10-11H,6-9H2,(H,27,28,30,31). The second-order valence-electron chi connectivity index (χ2n) is 6.99. The summed E-state index contributed by atoms with van der Waals surface area (Å²) in [6.07, 6.45) is -8.32. The zero-order chi connectivity index (χ0) is 23.6. The van der Waals surface area contributed by atoms with Gasteiger partial charge in [-0.05, 0) is 24.3 Å². The van der Waals surface area contributed by atoms with Crippen molar-refractivity contribution in [2.45, 2.75) is 12.4 Å². The van der Waals surface area contributed by atoms with Crippen molar-refractivity contribution in [3.63, 3.8) is 0 Å². The highest BCUT2D eigenvalue weighted by Gasteiger charge is 2.33. The third kappa shape index (κ3) is 5.48. The Morgan fingerprint density at radius 3 is 2.24 bits per heavy atom. The molecule has 0 spiro atoms. The number of morpholine rings is 1. The lowest BCUT2D eigenvalue weighted by atomic mass is 10.2. The maximum atomic E-state index is 13.1. The molecule has 3 aromatic rings. The smallest absolute Gasteiger partial charge is 0.378 e. The van der Waals surface area contributed by atoms with Gasteiger partial charge in [0.1, 0.15) is 17.2 Å². The predicted octanol–water partition coefficient (Wildman–Crippen LogP) is 4.55. The SMILES string of the molecule is FC(F)(F)c1cc(Nc2nc(-c3cccc(C(F)(F)F)n3)cc(N3CCOCC3)n2)ccn1. The first kappa shape index (κ1) is 22.7. The summed E-state index contributed by atoms with van der Waals surface area (Å²) in [7, 11) is 0. The molecule has 0 saturated carbocycles. The zero-order valence-electron chi connectivity index (χ0n) is 16.8. The molecule has 1 saturated heterocycles. The summed E-state index contributed by atoms with van der Waals surface area (Å²) in [4.78, 5) is 17.3. The highest BCUT2D eigenvalue weighted by atomic mass is 19.4. The van der Waals surface area contributed by atoms with E-state index in [4.69, 9.17) is 4.74 Å². The van der Waals surface area contributed by atoms with Crippen molar-refractivity contribution < 1.29 is 31.1 Å². The molecule has 0 amide bonds. The van der Waals surface area contributed by atoms with Crippen molar-refractivity contribution in [3.8, 4) is 11.4 Å². The number of anilines is 3. The van der Waals surface area contributed by atoms with Gasteiger partial charge in [0.25, 0.3) is 0 Å². The quantitative estimate of drug-likeness (QED) is 0.561. The molecule has 0 aliphatic carbocycles. The molecule has 1 N–H and O–H groups in total. The summed E-state index contributed by atoms with van der Waals surface area (Å²) in [6, 6.07) is 6.95. The summed E-state index contributed by atoms with van der Waals surface area (Å²) >= 11 is 0. The molecule has 174 valence electrons. The van der Waals surface area contributed by atoms with Gasteiger partial charge >= 0.3 is 12.4 Å². The van der Waals surface area contributed by atoms with Crippen molar-refractivity contribution in [2.75, 3.05) is 36.5 Å². The van der Waals surface area contributed by atoms with Crippen LogP contribution in [0.15, 0.2) is 42.6 Å². The number of rotatable bonds is 4. The van der Waals surface area contributed by atoms with E-state index in [0.717, 1.165) is 18.3 Å². The molecule has 7 nitrogen and oxygen atoms in total. The predicted molar refractivity (Wildman–Crippen MR) is 106 cm³/mol. The second-order valence-corrected chi connectivity index (χ2v) is 6.99. The van der Waals surface area contributed by atoms with Crippen molar-refractivity contribution >= 4 is 17.5 Å². The van der Waals surface area contributed by atoms with Gasteiger partial charge in [0, 0.05) is 31.0 Å².